The van der Waals surface area contributed by atoms with E-state index in [4.69, 9.17) is 0 Å². The minimum Gasteiger partial charge on any atom is -0.469 e. The summed E-state index contributed by atoms with van der Waals surface area (Å²) in [6.07, 6.45) is 8.78. The average molecular weight is 346 g/mol. The van der Waals surface area contributed by atoms with Crippen LogP contribution in [-0.4, -0.2) is 30.5 Å². The predicted molar refractivity (Wildman–Crippen MR) is 94.8 cm³/mol. The molecule has 0 aliphatic heterocycles. The van der Waals surface area contributed by atoms with Gasteiger partial charge in [0.05, 0.1) is 17.6 Å². The van der Waals surface area contributed by atoms with E-state index >= 15 is 0 Å². The maximum Gasteiger partial charge on any atom is 0.305 e. The molecule has 0 aliphatic carbocycles. The van der Waals surface area contributed by atoms with Crippen molar-refractivity contribution in [3.05, 3.63) is 58.2 Å². The summed E-state index contributed by atoms with van der Waals surface area (Å²) in [6.45, 7) is 0.526. The van der Waals surface area contributed by atoms with Crippen LogP contribution in [-0.2, 0) is 14.3 Å². The number of benzene rings is 1. The first-order valence-corrected chi connectivity index (χ1v) is 7.97. The Bertz CT molecular complexity index is 653. The van der Waals surface area contributed by atoms with Gasteiger partial charge in [-0.05, 0) is 25.0 Å². The van der Waals surface area contributed by atoms with Gasteiger partial charge < -0.3 is 10.1 Å². The number of nitro benzene ring substituents is 1. The van der Waals surface area contributed by atoms with Gasteiger partial charge in [0.25, 0.3) is 5.69 Å². The number of rotatable bonds is 10. The lowest BCUT2D eigenvalue weighted by Crippen LogP contribution is -2.22. The van der Waals surface area contributed by atoms with Crippen molar-refractivity contribution < 1.29 is 19.2 Å². The molecule has 0 saturated heterocycles. The Hall–Kier alpha value is -2.96. The van der Waals surface area contributed by atoms with Crippen molar-refractivity contribution in [1.82, 2.24) is 5.32 Å². The molecule has 0 bridgehead atoms. The Balaban J connectivity index is 2.29. The first-order valence-electron chi connectivity index (χ1n) is 7.97. The summed E-state index contributed by atoms with van der Waals surface area (Å²) in [6, 6.07) is 6.38. The SMILES string of the molecule is COC(=O)CCCCCNC(=O)/C=C/C=C/c1ccccc1[N+](=O)[O-]. The Morgan fingerprint density at radius 1 is 1.20 bits per heavy atom. The Kier molecular flexibility index (Phi) is 9.28. The number of ether oxygens (including phenoxy) is 1. The Morgan fingerprint density at radius 3 is 2.68 bits per heavy atom. The molecular weight excluding hydrogens is 324 g/mol. The van der Waals surface area contributed by atoms with Crippen LogP contribution >= 0.6 is 0 Å². The predicted octanol–water partition coefficient (Wildman–Crippen LogP) is 3.01. The number of para-hydroxylation sites is 1. The second kappa shape index (κ2) is 11.6. The molecule has 1 amide bonds. The Labute approximate surface area is 146 Å². The van der Waals surface area contributed by atoms with E-state index < -0.39 is 4.92 Å². The molecule has 0 radical (unpaired) electrons. The maximum atomic E-state index is 11.6. The van der Waals surface area contributed by atoms with Crippen molar-refractivity contribution in [2.24, 2.45) is 0 Å². The molecule has 0 unspecified atom stereocenters. The standard InChI is InChI=1S/C18H22N2O5/c1-25-18(22)13-3-2-8-14-19-17(21)12-7-5-10-15-9-4-6-11-16(15)20(23)24/h4-7,9-12H,2-3,8,13-14H2,1H3,(H,19,21)/b10-5+,12-7+. The second-order valence-electron chi connectivity index (χ2n) is 5.21. The number of hydrogen-bond acceptors (Lipinski definition) is 5. The van der Waals surface area contributed by atoms with E-state index in [1.54, 1.807) is 30.4 Å². The third-order valence-corrected chi connectivity index (χ3v) is 3.35. The van der Waals surface area contributed by atoms with E-state index in [0.29, 0.717) is 18.5 Å². The molecule has 1 N–H and O–H groups in total. The molecule has 25 heavy (non-hydrogen) atoms. The molecule has 0 heterocycles. The number of amides is 1. The number of carbonyl (C=O) groups is 2. The molecule has 0 saturated carbocycles. The van der Waals surface area contributed by atoms with Gasteiger partial charge in [0.2, 0.25) is 5.91 Å². The highest BCUT2D eigenvalue weighted by Gasteiger charge is 2.08. The average Bonchev–Trinajstić information content (AvgIpc) is 2.61. The lowest BCUT2D eigenvalue weighted by molar-refractivity contribution is -0.385. The molecular formula is C18H22N2O5. The molecule has 0 aromatic heterocycles. The minimum atomic E-state index is -0.448. The quantitative estimate of drug-likeness (QED) is 0.175. The zero-order valence-electron chi connectivity index (χ0n) is 14.1. The highest BCUT2D eigenvalue weighted by Crippen LogP contribution is 2.18. The summed E-state index contributed by atoms with van der Waals surface area (Å²) >= 11 is 0. The maximum absolute atomic E-state index is 11.6. The number of nitro groups is 1. The zero-order chi connectivity index (χ0) is 18.5. The van der Waals surface area contributed by atoms with Gasteiger partial charge in [-0.1, -0.05) is 30.7 Å². The van der Waals surface area contributed by atoms with Gasteiger partial charge in [0.1, 0.15) is 0 Å². The highest BCUT2D eigenvalue weighted by atomic mass is 16.6. The summed E-state index contributed by atoms with van der Waals surface area (Å²) in [5, 5.41) is 13.6. The monoisotopic (exact) mass is 346 g/mol. The zero-order valence-corrected chi connectivity index (χ0v) is 14.1. The molecule has 1 aromatic rings. The van der Waals surface area contributed by atoms with Gasteiger partial charge in [0.15, 0.2) is 0 Å². The molecule has 7 nitrogen and oxygen atoms in total. The van der Waals surface area contributed by atoms with E-state index in [9.17, 15) is 19.7 Å². The molecule has 0 spiro atoms. The van der Waals surface area contributed by atoms with Crippen LogP contribution in [0.2, 0.25) is 0 Å². The van der Waals surface area contributed by atoms with E-state index in [1.807, 2.05) is 0 Å². The van der Waals surface area contributed by atoms with Crippen molar-refractivity contribution >= 4 is 23.6 Å². The van der Waals surface area contributed by atoms with Gasteiger partial charge in [-0.25, -0.2) is 0 Å². The number of carbonyl (C=O) groups excluding carboxylic acids is 2. The molecule has 0 aliphatic rings. The molecule has 7 heteroatoms. The molecule has 1 aromatic carbocycles. The number of methoxy groups -OCH3 is 1. The first-order chi connectivity index (χ1) is 12.0. The lowest BCUT2D eigenvalue weighted by atomic mass is 10.1. The van der Waals surface area contributed by atoms with Crippen LogP contribution in [0.3, 0.4) is 0 Å². The van der Waals surface area contributed by atoms with Crippen LogP contribution < -0.4 is 5.32 Å². The summed E-state index contributed by atoms with van der Waals surface area (Å²) in [7, 11) is 1.36. The van der Waals surface area contributed by atoms with Gasteiger partial charge in [-0.3, -0.25) is 19.7 Å². The number of hydrogen-bond donors (Lipinski definition) is 1. The smallest absolute Gasteiger partial charge is 0.305 e. The van der Waals surface area contributed by atoms with Gasteiger partial charge >= 0.3 is 5.97 Å². The second-order valence-corrected chi connectivity index (χ2v) is 5.21. The molecule has 0 atom stereocenters. The normalized spacial score (nSPS) is 10.9. The van der Waals surface area contributed by atoms with E-state index in [0.717, 1.165) is 19.3 Å². The van der Waals surface area contributed by atoms with Crippen molar-refractivity contribution in [3.63, 3.8) is 0 Å². The summed E-state index contributed by atoms with van der Waals surface area (Å²) < 4.78 is 4.54. The van der Waals surface area contributed by atoms with Crippen LogP contribution in [0.15, 0.2) is 42.5 Å². The van der Waals surface area contributed by atoms with E-state index in [1.165, 1.54) is 25.3 Å². The Morgan fingerprint density at radius 2 is 1.96 bits per heavy atom. The van der Waals surface area contributed by atoms with Crippen LogP contribution in [0.25, 0.3) is 6.08 Å². The summed E-state index contributed by atoms with van der Waals surface area (Å²) in [5.74, 6) is -0.461. The van der Waals surface area contributed by atoms with E-state index in [2.05, 4.69) is 10.1 Å². The third kappa shape index (κ3) is 8.45. The fraction of sp³-hybridized carbons (Fsp3) is 0.333. The number of unbranched alkanes of at least 4 members (excludes halogenated alkanes) is 2. The lowest BCUT2D eigenvalue weighted by Gasteiger charge is -2.02. The van der Waals surface area contributed by atoms with E-state index in [-0.39, 0.29) is 17.6 Å². The van der Waals surface area contributed by atoms with Gasteiger partial charge in [-0.2, -0.15) is 0 Å². The van der Waals surface area contributed by atoms with Gasteiger partial charge in [0, 0.05) is 25.1 Å². The van der Waals surface area contributed by atoms with Crippen LogP contribution in [0.4, 0.5) is 5.69 Å². The topological polar surface area (TPSA) is 98.5 Å². The largest absolute Gasteiger partial charge is 0.469 e. The minimum absolute atomic E-state index is 0.0172. The van der Waals surface area contributed by atoms with Crippen molar-refractivity contribution in [2.45, 2.75) is 25.7 Å². The van der Waals surface area contributed by atoms with Gasteiger partial charge in [-0.15, -0.1) is 0 Å². The van der Waals surface area contributed by atoms with Crippen LogP contribution in [0.5, 0.6) is 0 Å². The molecule has 134 valence electrons. The summed E-state index contributed by atoms with van der Waals surface area (Å²) in [4.78, 5) is 32.9. The van der Waals surface area contributed by atoms with Crippen molar-refractivity contribution in [1.29, 1.82) is 0 Å². The summed E-state index contributed by atoms with van der Waals surface area (Å²) in [5.41, 5.74) is 0.492. The third-order valence-electron chi connectivity index (χ3n) is 3.35. The number of allylic oxidation sites excluding steroid dienone is 2. The number of nitrogens with one attached hydrogen (secondary N) is 1. The fourth-order valence-corrected chi connectivity index (χ4v) is 2.04. The number of nitrogens with zero attached hydrogens (tertiary/aromatic N) is 1. The molecule has 1 rings (SSSR count). The van der Waals surface area contributed by atoms with Crippen LogP contribution in [0, 0.1) is 10.1 Å². The number of esters is 1. The fourth-order valence-electron chi connectivity index (χ4n) is 2.04. The highest BCUT2D eigenvalue weighted by molar-refractivity contribution is 5.87. The van der Waals surface area contributed by atoms with Crippen molar-refractivity contribution in [2.75, 3.05) is 13.7 Å². The van der Waals surface area contributed by atoms with Crippen molar-refractivity contribution in [3.8, 4) is 0 Å². The van der Waals surface area contributed by atoms with Crippen LogP contribution in [0.1, 0.15) is 31.2 Å². The first kappa shape index (κ1) is 20.1. The molecule has 0 fully saturated rings.